The molecule has 10 heteroatoms. The number of aromatic nitrogens is 2. The van der Waals surface area contributed by atoms with Gasteiger partial charge < -0.3 is 19.5 Å². The third-order valence-corrected chi connectivity index (χ3v) is 8.05. The van der Waals surface area contributed by atoms with Crippen molar-refractivity contribution in [2.24, 2.45) is 11.8 Å². The van der Waals surface area contributed by atoms with Gasteiger partial charge in [0.2, 0.25) is 11.8 Å². The summed E-state index contributed by atoms with van der Waals surface area (Å²) in [7, 11) is 1.99. The summed E-state index contributed by atoms with van der Waals surface area (Å²) in [5, 5.41) is -0.0691. The van der Waals surface area contributed by atoms with E-state index in [4.69, 9.17) is 4.74 Å². The smallest absolute Gasteiger partial charge is 0.261 e. The van der Waals surface area contributed by atoms with Crippen molar-refractivity contribution in [3.8, 4) is 5.75 Å². The van der Waals surface area contributed by atoms with Gasteiger partial charge in [0.05, 0.1) is 18.7 Å². The van der Waals surface area contributed by atoms with Gasteiger partial charge in [-0.25, -0.2) is 9.37 Å². The van der Waals surface area contributed by atoms with Crippen molar-refractivity contribution >= 4 is 22.7 Å². The monoisotopic (exact) mass is 513 g/mol. The number of nitrogens with one attached hydrogen (secondary N) is 1. The average molecular weight is 514 g/mol. The number of H-pyrrole nitrogens is 1. The Hall–Kier alpha value is -3.01. The molecule has 0 bridgehead atoms. The molecule has 3 aliphatic rings. The molecular weight excluding hydrogens is 477 g/mol. The largest absolute Gasteiger partial charge is 0.493 e. The average Bonchev–Trinajstić information content (AvgIpc) is 3.72. The van der Waals surface area contributed by atoms with Crippen LogP contribution in [0.3, 0.4) is 0 Å². The molecule has 1 aromatic carbocycles. The molecule has 200 valence electrons. The summed E-state index contributed by atoms with van der Waals surface area (Å²) in [5.41, 5.74) is -0.225. The normalized spacial score (nSPS) is 19.6. The minimum atomic E-state index is -0.653. The van der Waals surface area contributed by atoms with Crippen molar-refractivity contribution in [3.05, 3.63) is 34.1 Å². The van der Waals surface area contributed by atoms with Crippen LogP contribution in [-0.4, -0.2) is 82.4 Å². The lowest BCUT2D eigenvalue weighted by atomic mass is 9.98. The number of likely N-dealkylation sites (tertiary alicyclic amines) is 2. The molecule has 1 saturated carbocycles. The summed E-state index contributed by atoms with van der Waals surface area (Å²) in [6.07, 6.45) is 5.49. The van der Waals surface area contributed by atoms with Gasteiger partial charge in [-0.2, -0.15) is 0 Å². The first-order chi connectivity index (χ1) is 17.8. The molecule has 0 spiro atoms. The number of carbonyl (C=O) groups excluding carboxylic acids is 2. The maximum atomic E-state index is 14.8. The van der Waals surface area contributed by atoms with Gasteiger partial charge in [-0.15, -0.1) is 0 Å². The molecule has 9 nitrogen and oxygen atoms in total. The molecule has 1 aliphatic carbocycles. The highest BCUT2D eigenvalue weighted by molar-refractivity contribution is 5.81. The molecule has 1 aromatic heterocycles. The fourth-order valence-electron chi connectivity index (χ4n) is 5.52. The van der Waals surface area contributed by atoms with Crippen LogP contribution in [0, 0.1) is 17.7 Å². The molecule has 3 heterocycles. The first kappa shape index (κ1) is 25.6. The van der Waals surface area contributed by atoms with Crippen LogP contribution in [0.1, 0.15) is 51.3 Å². The van der Waals surface area contributed by atoms with Crippen LogP contribution in [0.5, 0.6) is 5.75 Å². The Kier molecular flexibility index (Phi) is 7.46. The predicted molar refractivity (Wildman–Crippen MR) is 137 cm³/mol. The molecule has 0 atom stereocenters. The van der Waals surface area contributed by atoms with Crippen molar-refractivity contribution in [1.29, 1.82) is 0 Å². The third kappa shape index (κ3) is 5.95. The van der Waals surface area contributed by atoms with E-state index >= 15 is 0 Å². The van der Waals surface area contributed by atoms with Gasteiger partial charge in [0.15, 0.2) is 0 Å². The van der Waals surface area contributed by atoms with Gasteiger partial charge >= 0.3 is 0 Å². The lowest BCUT2D eigenvalue weighted by Gasteiger charge is -2.36. The van der Waals surface area contributed by atoms with Crippen LogP contribution in [0.15, 0.2) is 16.9 Å². The minimum Gasteiger partial charge on any atom is -0.493 e. The van der Waals surface area contributed by atoms with Crippen molar-refractivity contribution in [3.63, 3.8) is 0 Å². The van der Waals surface area contributed by atoms with Gasteiger partial charge in [0.1, 0.15) is 22.8 Å². The summed E-state index contributed by atoms with van der Waals surface area (Å²) >= 11 is 0. The maximum Gasteiger partial charge on any atom is 0.261 e. The number of aromatic amines is 1. The number of halogens is 1. The summed E-state index contributed by atoms with van der Waals surface area (Å²) < 4.78 is 20.7. The molecule has 2 saturated heterocycles. The number of rotatable bonds is 7. The van der Waals surface area contributed by atoms with Crippen molar-refractivity contribution in [1.82, 2.24) is 24.7 Å². The quantitative estimate of drug-likeness (QED) is 0.611. The molecule has 3 fully saturated rings. The van der Waals surface area contributed by atoms with Crippen LogP contribution in [0.4, 0.5) is 4.39 Å². The maximum absolute atomic E-state index is 14.8. The van der Waals surface area contributed by atoms with Crippen LogP contribution in [-0.2, 0) is 16.1 Å². The van der Waals surface area contributed by atoms with E-state index in [0.29, 0.717) is 43.7 Å². The Labute approximate surface area is 216 Å². The van der Waals surface area contributed by atoms with Crippen molar-refractivity contribution < 1.29 is 18.7 Å². The zero-order valence-corrected chi connectivity index (χ0v) is 21.7. The number of hydrogen-bond acceptors (Lipinski definition) is 6. The van der Waals surface area contributed by atoms with E-state index in [1.807, 2.05) is 16.8 Å². The number of hydrogen-bond donors (Lipinski definition) is 1. The zero-order valence-electron chi connectivity index (χ0n) is 21.7. The van der Waals surface area contributed by atoms with Crippen LogP contribution in [0.2, 0.25) is 0 Å². The SMILES string of the molecule is CC(=O)N1CCC(COc2cc(F)c3c(=O)[nH]c(CN(C)C4CCN(C(=O)C5CC5)CC4)nc3c2)CC1. The van der Waals surface area contributed by atoms with E-state index in [1.54, 1.807) is 13.0 Å². The predicted octanol–water partition coefficient (Wildman–Crippen LogP) is 2.53. The molecule has 2 amide bonds. The van der Waals surface area contributed by atoms with Crippen LogP contribution in [0.25, 0.3) is 10.9 Å². The highest BCUT2D eigenvalue weighted by Crippen LogP contribution is 2.32. The zero-order chi connectivity index (χ0) is 26.1. The second-order valence-electron chi connectivity index (χ2n) is 10.8. The number of ether oxygens (including phenoxy) is 1. The van der Waals surface area contributed by atoms with E-state index in [0.717, 1.165) is 51.6 Å². The summed E-state index contributed by atoms with van der Waals surface area (Å²) in [6, 6.07) is 3.15. The molecular formula is C27H36FN5O4. The summed E-state index contributed by atoms with van der Waals surface area (Å²) in [5.74, 6) is 1.09. The summed E-state index contributed by atoms with van der Waals surface area (Å²) in [4.78, 5) is 49.8. The molecule has 2 aliphatic heterocycles. The number of piperidine rings is 2. The van der Waals surface area contributed by atoms with Gasteiger partial charge in [-0.1, -0.05) is 0 Å². The lowest BCUT2D eigenvalue weighted by molar-refractivity contribution is -0.134. The van der Waals surface area contributed by atoms with Crippen LogP contribution >= 0.6 is 0 Å². The number of amides is 2. The first-order valence-electron chi connectivity index (χ1n) is 13.4. The van der Waals surface area contributed by atoms with Crippen LogP contribution < -0.4 is 10.3 Å². The van der Waals surface area contributed by atoms with E-state index in [9.17, 15) is 18.8 Å². The van der Waals surface area contributed by atoms with E-state index in [-0.39, 0.29) is 34.7 Å². The van der Waals surface area contributed by atoms with Gasteiger partial charge in [-0.3, -0.25) is 19.3 Å². The number of nitrogens with zero attached hydrogens (tertiary/aromatic N) is 4. The number of fused-ring (bicyclic) bond motifs is 1. The van der Waals surface area contributed by atoms with E-state index in [1.165, 1.54) is 6.07 Å². The Morgan fingerprint density at radius 2 is 1.76 bits per heavy atom. The Morgan fingerprint density at radius 1 is 1.08 bits per heavy atom. The van der Waals surface area contributed by atoms with E-state index in [2.05, 4.69) is 14.9 Å². The van der Waals surface area contributed by atoms with E-state index < -0.39 is 11.4 Å². The Balaban J connectivity index is 1.21. The standard InChI is InChI=1S/C27H36FN5O4/c1-17(34)32-9-5-18(6-10-32)16-37-21-13-22(28)25-23(14-21)29-24(30-26(25)35)15-31(2)20-7-11-33(12-8-20)27(36)19-3-4-19/h13-14,18-20H,3-12,15-16H2,1-2H3,(H,29,30,35). The highest BCUT2D eigenvalue weighted by Gasteiger charge is 2.35. The minimum absolute atomic E-state index is 0.0691. The van der Waals surface area contributed by atoms with Crippen molar-refractivity contribution in [2.45, 2.75) is 58.0 Å². The molecule has 1 N–H and O–H groups in total. The van der Waals surface area contributed by atoms with Gasteiger partial charge in [0, 0.05) is 57.2 Å². The molecule has 5 rings (SSSR count). The number of carbonyl (C=O) groups is 2. The van der Waals surface area contributed by atoms with Gasteiger partial charge in [0.25, 0.3) is 5.56 Å². The molecule has 2 aromatic rings. The number of benzene rings is 1. The Bertz CT molecular complexity index is 1210. The Morgan fingerprint density at radius 3 is 2.41 bits per heavy atom. The fraction of sp³-hybridized carbons (Fsp3) is 0.630. The second kappa shape index (κ2) is 10.8. The highest BCUT2D eigenvalue weighted by atomic mass is 19.1. The molecule has 0 radical (unpaired) electrons. The molecule has 37 heavy (non-hydrogen) atoms. The summed E-state index contributed by atoms with van der Waals surface area (Å²) in [6.45, 7) is 5.36. The topological polar surface area (TPSA) is 98.8 Å². The van der Waals surface area contributed by atoms with Crippen molar-refractivity contribution in [2.75, 3.05) is 39.8 Å². The third-order valence-electron chi connectivity index (χ3n) is 8.05. The molecule has 0 unspecified atom stereocenters. The second-order valence-corrected chi connectivity index (χ2v) is 10.8. The lowest BCUT2D eigenvalue weighted by Crippen LogP contribution is -2.46. The fourth-order valence-corrected chi connectivity index (χ4v) is 5.52. The van der Waals surface area contributed by atoms with Gasteiger partial charge in [-0.05, 0) is 51.5 Å². The first-order valence-corrected chi connectivity index (χ1v) is 13.4.